The summed E-state index contributed by atoms with van der Waals surface area (Å²) in [7, 11) is 0. The van der Waals surface area contributed by atoms with Crippen molar-refractivity contribution in [3.05, 3.63) is 62.1 Å². The lowest BCUT2D eigenvalue weighted by Crippen LogP contribution is -2.44. The molecule has 0 aliphatic carbocycles. The first-order valence-corrected chi connectivity index (χ1v) is 11.4. The van der Waals surface area contributed by atoms with Crippen LogP contribution in [-0.4, -0.2) is 46.0 Å². The van der Waals surface area contributed by atoms with Crippen molar-refractivity contribution in [1.29, 1.82) is 0 Å². The first-order valence-electron chi connectivity index (χ1n) is 10.6. The Bertz CT molecular complexity index is 1180. The smallest absolute Gasteiger partial charge is 0.416 e. The molecule has 1 aliphatic rings. The molecule has 2 amide bonds. The van der Waals surface area contributed by atoms with E-state index in [4.69, 9.17) is 32.7 Å². The van der Waals surface area contributed by atoms with Crippen LogP contribution in [0.5, 0.6) is 5.75 Å². The summed E-state index contributed by atoms with van der Waals surface area (Å²) >= 11 is 12.1. The van der Waals surface area contributed by atoms with Gasteiger partial charge in [0.2, 0.25) is 0 Å². The number of benzene rings is 2. The third-order valence-corrected chi connectivity index (χ3v) is 5.51. The van der Waals surface area contributed by atoms with Crippen LogP contribution in [0.25, 0.3) is 0 Å². The molecular formula is C23H23Cl2N3O7. The van der Waals surface area contributed by atoms with Gasteiger partial charge in [-0.15, -0.1) is 0 Å². The first kappa shape index (κ1) is 26.2. The monoisotopic (exact) mass is 523 g/mol. The standard InChI is InChI=1S/C23H23Cl2N3O7/c1-23(2,3)35-21(30)18-5-4-10-27(18)22(31)34-19-9-6-13(24)11-15(19)20(29)26-17-8-7-14(28(32)33)12-16(17)25/h6-9,11-12,18H,4-5,10H2,1-3H3,(H,26,29)/t18-/m0/s1. The maximum Gasteiger partial charge on any atom is 0.416 e. The summed E-state index contributed by atoms with van der Waals surface area (Å²) in [6.07, 6.45) is 0.200. The van der Waals surface area contributed by atoms with E-state index < -0.39 is 34.5 Å². The number of hydrogen-bond donors (Lipinski definition) is 1. The number of amides is 2. The summed E-state index contributed by atoms with van der Waals surface area (Å²) in [4.78, 5) is 49.9. The quantitative estimate of drug-likeness (QED) is 0.313. The maximum atomic E-state index is 12.9. The van der Waals surface area contributed by atoms with Gasteiger partial charge in [0.05, 0.1) is 21.2 Å². The summed E-state index contributed by atoms with van der Waals surface area (Å²) in [6, 6.07) is 6.86. The highest BCUT2D eigenvalue weighted by atomic mass is 35.5. The predicted molar refractivity (Wildman–Crippen MR) is 129 cm³/mol. The van der Waals surface area contributed by atoms with Crippen LogP contribution in [-0.2, 0) is 9.53 Å². The van der Waals surface area contributed by atoms with Crippen LogP contribution < -0.4 is 10.1 Å². The second-order valence-corrected chi connectivity index (χ2v) is 9.61. The second-order valence-electron chi connectivity index (χ2n) is 8.77. The minimum absolute atomic E-state index is 0.0506. The third kappa shape index (κ3) is 6.61. The minimum atomic E-state index is -0.817. The van der Waals surface area contributed by atoms with Gasteiger partial charge in [0.25, 0.3) is 11.6 Å². The van der Waals surface area contributed by atoms with Gasteiger partial charge in [-0.25, -0.2) is 9.59 Å². The molecule has 1 atom stereocenters. The van der Waals surface area contributed by atoms with Crippen LogP contribution in [0.3, 0.4) is 0 Å². The molecular weight excluding hydrogens is 501 g/mol. The van der Waals surface area contributed by atoms with Crippen LogP contribution >= 0.6 is 23.2 Å². The number of likely N-dealkylation sites (tertiary alicyclic amines) is 1. The molecule has 2 aromatic carbocycles. The van der Waals surface area contributed by atoms with Crippen molar-refractivity contribution in [1.82, 2.24) is 4.90 Å². The zero-order valence-corrected chi connectivity index (χ0v) is 20.7. The Hall–Kier alpha value is -3.37. The summed E-state index contributed by atoms with van der Waals surface area (Å²) in [5.74, 6) is -1.34. The van der Waals surface area contributed by atoms with Crippen molar-refractivity contribution in [2.45, 2.75) is 45.3 Å². The number of nitro groups is 1. The molecule has 0 spiro atoms. The van der Waals surface area contributed by atoms with E-state index in [-0.39, 0.29) is 39.3 Å². The summed E-state index contributed by atoms with van der Waals surface area (Å²) < 4.78 is 10.9. The highest BCUT2D eigenvalue weighted by Gasteiger charge is 2.38. The molecule has 2 aromatic rings. The summed E-state index contributed by atoms with van der Waals surface area (Å²) in [6.45, 7) is 5.49. The zero-order chi connectivity index (χ0) is 25.9. The fraction of sp³-hybridized carbons (Fsp3) is 0.348. The lowest BCUT2D eigenvalue weighted by molar-refractivity contribution is -0.384. The molecule has 1 saturated heterocycles. The van der Waals surface area contributed by atoms with E-state index in [9.17, 15) is 24.5 Å². The molecule has 0 aromatic heterocycles. The van der Waals surface area contributed by atoms with Crippen LogP contribution in [0.15, 0.2) is 36.4 Å². The molecule has 0 bridgehead atoms. The number of non-ortho nitro benzene ring substituents is 1. The van der Waals surface area contributed by atoms with Crippen molar-refractivity contribution < 1.29 is 28.8 Å². The van der Waals surface area contributed by atoms with Crippen molar-refractivity contribution in [3.8, 4) is 5.75 Å². The summed E-state index contributed by atoms with van der Waals surface area (Å²) in [5, 5.41) is 13.6. The zero-order valence-electron chi connectivity index (χ0n) is 19.2. The Kier molecular flexibility index (Phi) is 7.86. The van der Waals surface area contributed by atoms with Crippen LogP contribution in [0.2, 0.25) is 10.0 Å². The van der Waals surface area contributed by atoms with E-state index >= 15 is 0 Å². The largest absolute Gasteiger partial charge is 0.458 e. The van der Waals surface area contributed by atoms with Gasteiger partial charge >= 0.3 is 12.1 Å². The number of carbonyl (C=O) groups is 3. The Morgan fingerprint density at radius 2 is 1.86 bits per heavy atom. The van der Waals surface area contributed by atoms with E-state index in [2.05, 4.69) is 5.32 Å². The number of esters is 1. The molecule has 1 aliphatic heterocycles. The Labute approximate surface area is 211 Å². The normalized spacial score (nSPS) is 15.5. The number of ether oxygens (including phenoxy) is 2. The fourth-order valence-corrected chi connectivity index (χ4v) is 3.82. The topological polar surface area (TPSA) is 128 Å². The fourth-order valence-electron chi connectivity index (χ4n) is 3.43. The van der Waals surface area contributed by atoms with E-state index in [1.54, 1.807) is 20.8 Å². The van der Waals surface area contributed by atoms with Gasteiger partial charge < -0.3 is 14.8 Å². The number of anilines is 1. The van der Waals surface area contributed by atoms with E-state index in [0.29, 0.717) is 12.8 Å². The van der Waals surface area contributed by atoms with Crippen molar-refractivity contribution in [2.75, 3.05) is 11.9 Å². The highest BCUT2D eigenvalue weighted by Crippen LogP contribution is 2.30. The van der Waals surface area contributed by atoms with E-state index in [1.165, 1.54) is 35.2 Å². The van der Waals surface area contributed by atoms with Gasteiger partial charge in [-0.3, -0.25) is 19.8 Å². The maximum absolute atomic E-state index is 12.9. The molecule has 35 heavy (non-hydrogen) atoms. The molecule has 0 unspecified atom stereocenters. The minimum Gasteiger partial charge on any atom is -0.458 e. The molecule has 12 heteroatoms. The third-order valence-electron chi connectivity index (χ3n) is 4.96. The van der Waals surface area contributed by atoms with Gasteiger partial charge in [0.15, 0.2) is 0 Å². The number of nitro benzene ring substituents is 1. The van der Waals surface area contributed by atoms with E-state index in [0.717, 1.165) is 6.07 Å². The Morgan fingerprint density at radius 1 is 1.14 bits per heavy atom. The van der Waals surface area contributed by atoms with Crippen LogP contribution in [0.4, 0.5) is 16.2 Å². The average Bonchev–Trinajstić information content (AvgIpc) is 3.25. The van der Waals surface area contributed by atoms with Gasteiger partial charge in [-0.2, -0.15) is 0 Å². The van der Waals surface area contributed by atoms with Gasteiger partial charge in [0.1, 0.15) is 17.4 Å². The van der Waals surface area contributed by atoms with Gasteiger partial charge in [-0.05, 0) is 57.9 Å². The lowest BCUT2D eigenvalue weighted by atomic mass is 10.1. The molecule has 1 N–H and O–H groups in total. The van der Waals surface area contributed by atoms with Crippen molar-refractivity contribution in [2.24, 2.45) is 0 Å². The predicted octanol–water partition coefficient (Wildman–Crippen LogP) is 5.46. The Balaban J connectivity index is 1.79. The molecule has 1 fully saturated rings. The molecule has 1 heterocycles. The van der Waals surface area contributed by atoms with Crippen molar-refractivity contribution in [3.63, 3.8) is 0 Å². The number of nitrogens with zero attached hydrogens (tertiary/aromatic N) is 2. The first-order chi connectivity index (χ1) is 16.4. The molecule has 10 nitrogen and oxygen atoms in total. The second kappa shape index (κ2) is 10.5. The van der Waals surface area contributed by atoms with Gasteiger partial charge in [-0.1, -0.05) is 23.2 Å². The number of rotatable bonds is 5. The average molecular weight is 524 g/mol. The number of nitrogens with one attached hydrogen (secondary N) is 1. The van der Waals surface area contributed by atoms with E-state index in [1.807, 2.05) is 0 Å². The highest BCUT2D eigenvalue weighted by molar-refractivity contribution is 6.34. The molecule has 0 saturated carbocycles. The molecule has 3 rings (SSSR count). The lowest BCUT2D eigenvalue weighted by Gasteiger charge is -2.27. The van der Waals surface area contributed by atoms with Crippen LogP contribution in [0, 0.1) is 10.1 Å². The molecule has 0 radical (unpaired) electrons. The number of halogens is 2. The number of carbonyl (C=O) groups excluding carboxylic acids is 3. The van der Waals surface area contributed by atoms with Crippen molar-refractivity contribution >= 4 is 52.5 Å². The SMILES string of the molecule is CC(C)(C)OC(=O)[C@@H]1CCCN1C(=O)Oc1ccc(Cl)cc1C(=O)Nc1ccc([N+](=O)[O-])cc1Cl. The number of hydrogen-bond acceptors (Lipinski definition) is 7. The van der Waals surface area contributed by atoms with Gasteiger partial charge in [0, 0.05) is 23.7 Å². The Morgan fingerprint density at radius 3 is 2.49 bits per heavy atom. The summed E-state index contributed by atoms with van der Waals surface area (Å²) in [5.41, 5.74) is -0.914. The molecule has 186 valence electrons. The van der Waals surface area contributed by atoms with Crippen LogP contribution in [0.1, 0.15) is 44.0 Å².